The number of halogens is 3. The molecule has 0 saturated heterocycles. The molecule has 0 aromatic heterocycles. The van der Waals surface area contributed by atoms with Crippen LogP contribution < -0.4 is 0 Å². The van der Waals surface area contributed by atoms with Gasteiger partial charge in [0, 0.05) is 19.3 Å². The predicted octanol–water partition coefficient (Wildman–Crippen LogP) is 1.35. The Kier molecular flexibility index (Phi) is 6.89. The van der Waals surface area contributed by atoms with Gasteiger partial charge in [-0.1, -0.05) is 0 Å². The van der Waals surface area contributed by atoms with Crippen molar-refractivity contribution in [2.24, 2.45) is 0 Å². The van der Waals surface area contributed by atoms with Gasteiger partial charge in [0.05, 0.1) is 0 Å². The first-order chi connectivity index (χ1) is 8.17. The fourth-order valence-electron chi connectivity index (χ4n) is 1.14. The zero-order chi connectivity index (χ0) is 14.3. The first-order valence-corrected chi connectivity index (χ1v) is 6.34. The van der Waals surface area contributed by atoms with Crippen molar-refractivity contribution < 1.29 is 27.9 Å². The van der Waals surface area contributed by atoms with Crippen molar-refractivity contribution in [1.82, 2.24) is 9.80 Å². The largest absolute Gasteiger partial charge is 0.480 e. The van der Waals surface area contributed by atoms with E-state index in [-0.39, 0.29) is 11.4 Å². The number of hydrogen-bond acceptors (Lipinski definition) is 3. The number of alkyl halides is 3. The van der Waals surface area contributed by atoms with Gasteiger partial charge in [0.25, 0.3) is 0 Å². The number of carbonyl (C=O) groups excluding carboxylic acids is 1. The standard InChI is InChI=1S/C9H15F3N2O3S/c1-13(3-4-18-2)8(17)14(5-7(15)16)6-9(10,11)12/h3-6H2,1-2H3,(H,15,16). The molecule has 0 saturated carbocycles. The number of carbonyl (C=O) groups is 2. The van der Waals surface area contributed by atoms with Crippen LogP contribution in [0.2, 0.25) is 0 Å². The number of urea groups is 1. The minimum absolute atomic E-state index is 0.258. The van der Waals surface area contributed by atoms with Gasteiger partial charge < -0.3 is 14.9 Å². The summed E-state index contributed by atoms with van der Waals surface area (Å²) < 4.78 is 36.7. The SMILES string of the molecule is CSCCN(C)C(=O)N(CC(=O)O)CC(F)(F)F. The van der Waals surface area contributed by atoms with Crippen LogP contribution in [0.3, 0.4) is 0 Å². The maximum Gasteiger partial charge on any atom is 0.406 e. The van der Waals surface area contributed by atoms with Crippen LogP contribution in [-0.4, -0.2) is 71.8 Å². The van der Waals surface area contributed by atoms with E-state index in [0.29, 0.717) is 5.75 Å². The van der Waals surface area contributed by atoms with E-state index in [1.807, 2.05) is 0 Å². The average molecular weight is 288 g/mol. The zero-order valence-electron chi connectivity index (χ0n) is 10.0. The first-order valence-electron chi connectivity index (χ1n) is 4.95. The fraction of sp³-hybridized carbons (Fsp3) is 0.778. The summed E-state index contributed by atoms with van der Waals surface area (Å²) in [5.41, 5.74) is 0. The number of rotatable bonds is 6. The fourth-order valence-corrected chi connectivity index (χ4v) is 1.59. The van der Waals surface area contributed by atoms with Crippen molar-refractivity contribution in [3.05, 3.63) is 0 Å². The van der Waals surface area contributed by atoms with Gasteiger partial charge in [0.2, 0.25) is 0 Å². The molecule has 0 bridgehead atoms. The summed E-state index contributed by atoms with van der Waals surface area (Å²) in [6.45, 7) is -2.28. The van der Waals surface area contributed by atoms with Gasteiger partial charge in [0.1, 0.15) is 13.1 Å². The number of amides is 2. The summed E-state index contributed by atoms with van der Waals surface area (Å²) >= 11 is 1.44. The molecule has 0 aliphatic heterocycles. The smallest absolute Gasteiger partial charge is 0.406 e. The molecule has 9 heteroatoms. The van der Waals surface area contributed by atoms with Crippen LogP contribution in [0.5, 0.6) is 0 Å². The van der Waals surface area contributed by atoms with Gasteiger partial charge in [-0.3, -0.25) is 4.79 Å². The highest BCUT2D eigenvalue weighted by molar-refractivity contribution is 7.98. The van der Waals surface area contributed by atoms with Crippen LogP contribution in [0, 0.1) is 0 Å². The Balaban J connectivity index is 4.63. The zero-order valence-corrected chi connectivity index (χ0v) is 10.8. The van der Waals surface area contributed by atoms with Gasteiger partial charge in [-0.15, -0.1) is 0 Å². The molecule has 5 nitrogen and oxygen atoms in total. The molecule has 0 heterocycles. The topological polar surface area (TPSA) is 60.9 Å². The van der Waals surface area contributed by atoms with Crippen molar-refractivity contribution >= 4 is 23.8 Å². The Morgan fingerprint density at radius 1 is 1.33 bits per heavy atom. The van der Waals surface area contributed by atoms with Crippen molar-refractivity contribution in [2.45, 2.75) is 6.18 Å². The van der Waals surface area contributed by atoms with Crippen molar-refractivity contribution in [2.75, 3.05) is 38.7 Å². The number of nitrogens with zero attached hydrogens (tertiary/aromatic N) is 2. The summed E-state index contributed by atoms with van der Waals surface area (Å²) in [5.74, 6) is -0.916. The molecule has 0 aromatic rings. The molecule has 1 N–H and O–H groups in total. The van der Waals surface area contributed by atoms with Gasteiger partial charge >= 0.3 is 18.2 Å². The normalized spacial score (nSPS) is 11.2. The van der Waals surface area contributed by atoms with E-state index in [9.17, 15) is 22.8 Å². The highest BCUT2D eigenvalue weighted by Gasteiger charge is 2.34. The van der Waals surface area contributed by atoms with Gasteiger partial charge in [0.15, 0.2) is 0 Å². The molecule has 0 aliphatic rings. The third kappa shape index (κ3) is 7.25. The van der Waals surface area contributed by atoms with E-state index in [1.54, 1.807) is 6.26 Å². The van der Waals surface area contributed by atoms with Crippen LogP contribution in [0.15, 0.2) is 0 Å². The summed E-state index contributed by atoms with van der Waals surface area (Å²) in [6.07, 6.45) is -2.82. The molecule has 18 heavy (non-hydrogen) atoms. The molecular weight excluding hydrogens is 273 g/mol. The van der Waals surface area contributed by atoms with E-state index < -0.39 is 31.3 Å². The first kappa shape index (κ1) is 16.9. The molecule has 0 spiro atoms. The molecule has 106 valence electrons. The lowest BCUT2D eigenvalue weighted by Crippen LogP contribution is -2.48. The lowest BCUT2D eigenvalue weighted by Gasteiger charge is -2.27. The number of carboxylic acid groups (broad SMARTS) is 1. The molecule has 0 rings (SSSR count). The molecule has 0 aromatic carbocycles. The van der Waals surface area contributed by atoms with Gasteiger partial charge in [-0.05, 0) is 6.26 Å². The molecule has 0 atom stereocenters. The van der Waals surface area contributed by atoms with Crippen LogP contribution in [0.1, 0.15) is 0 Å². The second-order valence-electron chi connectivity index (χ2n) is 3.56. The summed E-state index contributed by atoms with van der Waals surface area (Å²) in [7, 11) is 1.34. The summed E-state index contributed by atoms with van der Waals surface area (Å²) in [4.78, 5) is 23.4. The van der Waals surface area contributed by atoms with Crippen molar-refractivity contribution in [1.29, 1.82) is 0 Å². The van der Waals surface area contributed by atoms with E-state index in [2.05, 4.69) is 0 Å². The Hall–Kier alpha value is -1.12. The Bertz CT molecular complexity index is 299. The van der Waals surface area contributed by atoms with Crippen molar-refractivity contribution in [3.8, 4) is 0 Å². The van der Waals surface area contributed by atoms with Crippen LogP contribution in [0.25, 0.3) is 0 Å². The van der Waals surface area contributed by atoms with Crippen molar-refractivity contribution in [3.63, 3.8) is 0 Å². The molecular formula is C9H15F3N2O3S. The van der Waals surface area contributed by atoms with Crippen LogP contribution >= 0.6 is 11.8 Å². The highest BCUT2D eigenvalue weighted by Crippen LogP contribution is 2.17. The third-order valence-corrected chi connectivity index (χ3v) is 2.51. The monoisotopic (exact) mass is 288 g/mol. The van der Waals surface area contributed by atoms with E-state index in [4.69, 9.17) is 5.11 Å². The molecule has 0 fully saturated rings. The second kappa shape index (κ2) is 7.34. The van der Waals surface area contributed by atoms with E-state index in [0.717, 1.165) is 4.90 Å². The number of carboxylic acids is 1. The second-order valence-corrected chi connectivity index (χ2v) is 4.55. The molecule has 0 unspecified atom stereocenters. The van der Waals surface area contributed by atoms with Crippen LogP contribution in [-0.2, 0) is 4.79 Å². The Morgan fingerprint density at radius 3 is 2.28 bits per heavy atom. The number of aliphatic carboxylic acids is 1. The number of thioether (sulfide) groups is 1. The van der Waals surface area contributed by atoms with E-state index >= 15 is 0 Å². The maximum atomic E-state index is 12.2. The average Bonchev–Trinajstić information content (AvgIpc) is 2.21. The van der Waals surface area contributed by atoms with Crippen LogP contribution in [0.4, 0.5) is 18.0 Å². The minimum Gasteiger partial charge on any atom is -0.480 e. The molecule has 0 aliphatic carbocycles. The molecule has 0 radical (unpaired) electrons. The molecule has 2 amide bonds. The van der Waals surface area contributed by atoms with Gasteiger partial charge in [-0.2, -0.15) is 24.9 Å². The lowest BCUT2D eigenvalue weighted by molar-refractivity contribution is -0.149. The third-order valence-electron chi connectivity index (χ3n) is 1.92. The summed E-state index contributed by atoms with van der Waals surface area (Å²) in [6, 6.07) is -0.941. The predicted molar refractivity (Wildman–Crippen MR) is 61.7 cm³/mol. The van der Waals surface area contributed by atoms with E-state index in [1.165, 1.54) is 18.8 Å². The maximum absolute atomic E-state index is 12.2. The number of hydrogen-bond donors (Lipinski definition) is 1. The van der Waals surface area contributed by atoms with Gasteiger partial charge in [-0.25, -0.2) is 4.79 Å². The highest BCUT2D eigenvalue weighted by atomic mass is 32.2. The Morgan fingerprint density at radius 2 is 1.89 bits per heavy atom. The minimum atomic E-state index is -4.62. The lowest BCUT2D eigenvalue weighted by atomic mass is 10.4. The summed E-state index contributed by atoms with van der Waals surface area (Å²) in [5, 5.41) is 8.50. The quantitative estimate of drug-likeness (QED) is 0.801. The Labute approximate surface area is 107 Å².